The van der Waals surface area contributed by atoms with Crippen molar-refractivity contribution in [3.05, 3.63) is 0 Å². The molecule has 0 saturated heterocycles. The van der Waals surface area contributed by atoms with Crippen LogP contribution < -0.4 is 0 Å². The molecule has 1 radical (unpaired) electrons. The molecule has 12 heteroatoms. The Labute approximate surface area is 102 Å². The van der Waals surface area contributed by atoms with Crippen molar-refractivity contribution in [3.8, 4) is 0 Å². The third-order valence-electron chi connectivity index (χ3n) is 0. The predicted octanol–water partition coefficient (Wildman–Crippen LogP) is -1.96. The SMILES string of the molecule is O=S(=O)(O)O.O=S(=O)(O)O.[Cu].[NaH]. The zero-order chi connectivity index (χ0) is 9.00. The molecule has 0 aromatic carbocycles. The van der Waals surface area contributed by atoms with Crippen LogP contribution in [0, 0.1) is 0 Å². The van der Waals surface area contributed by atoms with Gasteiger partial charge in [0.15, 0.2) is 0 Å². The van der Waals surface area contributed by atoms with Gasteiger partial charge in [-0.25, -0.2) is 0 Å². The predicted molar refractivity (Wildman–Crippen MR) is 35.5 cm³/mol. The van der Waals surface area contributed by atoms with Gasteiger partial charge in [0.1, 0.15) is 0 Å². The molecule has 0 bridgehead atoms. The van der Waals surface area contributed by atoms with E-state index in [-0.39, 0.29) is 46.6 Å². The van der Waals surface area contributed by atoms with Crippen molar-refractivity contribution in [2.24, 2.45) is 0 Å². The number of rotatable bonds is 0. The minimum atomic E-state index is -4.67. The van der Waals surface area contributed by atoms with Crippen molar-refractivity contribution in [3.63, 3.8) is 0 Å². The quantitative estimate of drug-likeness (QED) is 0.296. The van der Waals surface area contributed by atoms with Crippen molar-refractivity contribution in [1.29, 1.82) is 0 Å². The topological polar surface area (TPSA) is 149 Å². The number of hydrogen-bond acceptors (Lipinski definition) is 4. The van der Waals surface area contributed by atoms with Gasteiger partial charge in [-0.1, -0.05) is 0 Å². The third-order valence-corrected chi connectivity index (χ3v) is 0. The van der Waals surface area contributed by atoms with Crippen LogP contribution in [0.4, 0.5) is 0 Å². The van der Waals surface area contributed by atoms with Crippen LogP contribution >= 0.6 is 0 Å². The summed E-state index contributed by atoms with van der Waals surface area (Å²) in [5.41, 5.74) is 0. The van der Waals surface area contributed by atoms with E-state index in [0.717, 1.165) is 0 Å². The van der Waals surface area contributed by atoms with Crippen LogP contribution in [0.15, 0.2) is 0 Å². The van der Waals surface area contributed by atoms with Crippen molar-refractivity contribution in [1.82, 2.24) is 0 Å². The normalized spacial score (nSPS) is 9.67. The van der Waals surface area contributed by atoms with E-state index in [1.807, 2.05) is 0 Å². The van der Waals surface area contributed by atoms with E-state index < -0.39 is 20.8 Å². The van der Waals surface area contributed by atoms with Crippen LogP contribution in [0.25, 0.3) is 0 Å². The molecule has 0 fully saturated rings. The van der Waals surface area contributed by atoms with Crippen LogP contribution in [0.2, 0.25) is 0 Å². The van der Waals surface area contributed by atoms with Gasteiger partial charge in [0, 0.05) is 17.1 Å². The molecule has 0 unspecified atom stereocenters. The summed E-state index contributed by atoms with van der Waals surface area (Å²) in [6.45, 7) is 0. The third kappa shape index (κ3) is 747. The van der Waals surface area contributed by atoms with Crippen molar-refractivity contribution in [2.75, 3.05) is 0 Å². The first-order chi connectivity index (χ1) is 4.00. The van der Waals surface area contributed by atoms with Gasteiger partial charge >= 0.3 is 50.4 Å². The Morgan fingerprint density at radius 2 is 0.667 bits per heavy atom. The average molecular weight is 284 g/mol. The maximum absolute atomic E-state index is 8.74. The van der Waals surface area contributed by atoms with E-state index in [0.29, 0.717) is 0 Å². The monoisotopic (exact) mass is 283 g/mol. The first-order valence-electron chi connectivity index (χ1n) is 1.40. The second kappa shape index (κ2) is 8.84. The molecule has 0 aromatic rings. The molecule has 0 aliphatic carbocycles. The molecule has 12 heavy (non-hydrogen) atoms. The van der Waals surface area contributed by atoms with Crippen LogP contribution in [0.1, 0.15) is 0 Å². The summed E-state index contributed by atoms with van der Waals surface area (Å²) < 4.78 is 63.2. The number of hydrogen-bond donors (Lipinski definition) is 4. The Morgan fingerprint density at radius 3 is 0.667 bits per heavy atom. The van der Waals surface area contributed by atoms with Gasteiger partial charge in [-0.15, -0.1) is 0 Å². The molecule has 8 nitrogen and oxygen atoms in total. The molecule has 0 saturated carbocycles. The molecule has 0 heterocycles. The second-order valence-electron chi connectivity index (χ2n) is 0.896. The van der Waals surface area contributed by atoms with Gasteiger partial charge in [0.2, 0.25) is 0 Å². The zero-order valence-electron chi connectivity index (χ0n) is 4.54. The molecule has 0 rings (SSSR count). The van der Waals surface area contributed by atoms with Gasteiger partial charge in [-0.05, 0) is 0 Å². The van der Waals surface area contributed by atoms with Gasteiger partial charge in [-0.3, -0.25) is 18.2 Å². The van der Waals surface area contributed by atoms with Gasteiger partial charge < -0.3 is 0 Å². The van der Waals surface area contributed by atoms with E-state index >= 15 is 0 Å². The molecule has 0 spiro atoms. The molecule has 4 N–H and O–H groups in total. The summed E-state index contributed by atoms with van der Waals surface area (Å²) in [6, 6.07) is 0. The molecule has 0 atom stereocenters. The first kappa shape index (κ1) is 23.2. The van der Waals surface area contributed by atoms with E-state index in [9.17, 15) is 0 Å². The first-order valence-corrected chi connectivity index (χ1v) is 4.19. The molecule has 0 amide bonds. The van der Waals surface area contributed by atoms with E-state index in [1.165, 1.54) is 0 Å². The molecule has 0 aliphatic rings. The summed E-state index contributed by atoms with van der Waals surface area (Å²) in [5, 5.41) is 0. The van der Waals surface area contributed by atoms with Gasteiger partial charge in [0.25, 0.3) is 0 Å². The maximum atomic E-state index is 8.74. The van der Waals surface area contributed by atoms with Crippen LogP contribution in [-0.4, -0.2) is 64.6 Å². The van der Waals surface area contributed by atoms with Crippen LogP contribution in [-0.2, 0) is 37.9 Å². The Balaban J connectivity index is -0.0000000457. The summed E-state index contributed by atoms with van der Waals surface area (Å²) in [6.07, 6.45) is 0. The molecule has 0 aromatic heterocycles. The Bertz CT molecular complexity index is 213. The fraction of sp³-hybridized carbons (Fsp3) is 0. The average Bonchev–Trinajstić information content (AvgIpc) is 1.12. The van der Waals surface area contributed by atoms with Crippen LogP contribution in [0.3, 0.4) is 0 Å². The van der Waals surface area contributed by atoms with Crippen LogP contribution in [0.5, 0.6) is 0 Å². The van der Waals surface area contributed by atoms with Crippen molar-refractivity contribution in [2.45, 2.75) is 0 Å². The summed E-state index contributed by atoms with van der Waals surface area (Å²) >= 11 is 0. The van der Waals surface area contributed by atoms with E-state index in [4.69, 9.17) is 35.0 Å². The summed E-state index contributed by atoms with van der Waals surface area (Å²) in [4.78, 5) is 0. The Hall–Kier alpha value is 1.26. The Morgan fingerprint density at radius 1 is 0.667 bits per heavy atom. The molecular weight excluding hydrogens is 279 g/mol. The van der Waals surface area contributed by atoms with E-state index in [1.54, 1.807) is 0 Å². The standard InChI is InChI=1S/Cu.Na.2H2O4S.H/c;;2*1-5(2,3)4;/h;;2*(H2,1,2,3,4);. The van der Waals surface area contributed by atoms with Gasteiger partial charge in [0.05, 0.1) is 0 Å². The second-order valence-corrected chi connectivity index (χ2v) is 2.69. The summed E-state index contributed by atoms with van der Waals surface area (Å²) in [5.74, 6) is 0. The molecular formula is H5CuNaO8S2. The van der Waals surface area contributed by atoms with Gasteiger partial charge in [-0.2, -0.15) is 16.8 Å². The fourth-order valence-corrected chi connectivity index (χ4v) is 0. The molecule has 0 aliphatic heterocycles. The van der Waals surface area contributed by atoms with Crippen molar-refractivity contribution >= 4 is 50.4 Å². The zero-order valence-corrected chi connectivity index (χ0v) is 7.11. The minimum absolute atomic E-state index is 0. The van der Waals surface area contributed by atoms with Crippen molar-refractivity contribution < 1.29 is 52.1 Å². The Kier molecular flexibility index (Phi) is 17.1. The fourth-order valence-electron chi connectivity index (χ4n) is 0. The van der Waals surface area contributed by atoms with E-state index in [2.05, 4.69) is 0 Å². The molecule has 77 valence electrons. The summed E-state index contributed by atoms with van der Waals surface area (Å²) in [7, 11) is -9.33.